The Morgan fingerprint density at radius 1 is 1.22 bits per heavy atom. The molecule has 0 aliphatic rings. The molecule has 0 spiro atoms. The third-order valence-electron chi connectivity index (χ3n) is 3.23. The van der Waals surface area contributed by atoms with Gasteiger partial charge in [0.25, 0.3) is 0 Å². The van der Waals surface area contributed by atoms with E-state index in [-0.39, 0.29) is 6.04 Å². The van der Waals surface area contributed by atoms with Crippen LogP contribution in [0.3, 0.4) is 0 Å². The maximum atomic E-state index is 13.5. The van der Waals surface area contributed by atoms with Crippen LogP contribution in [-0.2, 0) is 0 Å². The highest BCUT2D eigenvalue weighted by Crippen LogP contribution is 2.17. The lowest BCUT2D eigenvalue weighted by atomic mass is 10.1. The van der Waals surface area contributed by atoms with Crippen molar-refractivity contribution in [2.45, 2.75) is 32.9 Å². The fourth-order valence-electron chi connectivity index (χ4n) is 1.68. The first-order valence-corrected chi connectivity index (χ1v) is 6.30. The molecule has 0 aliphatic heterocycles. The summed E-state index contributed by atoms with van der Waals surface area (Å²) in [6.07, 6.45) is 0. The Morgan fingerprint density at radius 3 is 2.44 bits per heavy atom. The predicted molar refractivity (Wildman–Crippen MR) is 70.5 cm³/mol. The molecular weight excluding hydrogens is 234 g/mol. The van der Waals surface area contributed by atoms with Gasteiger partial charge in [0.05, 0.1) is 0 Å². The van der Waals surface area contributed by atoms with Crippen LogP contribution in [0.15, 0.2) is 18.2 Å². The van der Waals surface area contributed by atoms with E-state index in [4.69, 9.17) is 0 Å². The molecule has 2 nitrogen and oxygen atoms in total. The van der Waals surface area contributed by atoms with Crippen molar-refractivity contribution in [1.82, 2.24) is 10.2 Å². The Hall–Kier alpha value is -1.00. The number of benzene rings is 1. The quantitative estimate of drug-likeness (QED) is 0.842. The summed E-state index contributed by atoms with van der Waals surface area (Å²) in [5.41, 5.74) is 0.503. The van der Waals surface area contributed by atoms with Crippen molar-refractivity contribution in [3.05, 3.63) is 35.4 Å². The summed E-state index contributed by atoms with van der Waals surface area (Å²) in [4.78, 5) is 2.21. The van der Waals surface area contributed by atoms with Crippen LogP contribution in [0.2, 0.25) is 0 Å². The number of hydrogen-bond donors (Lipinski definition) is 1. The van der Waals surface area contributed by atoms with E-state index in [2.05, 4.69) is 31.1 Å². The van der Waals surface area contributed by atoms with E-state index in [9.17, 15) is 8.78 Å². The van der Waals surface area contributed by atoms with Crippen molar-refractivity contribution < 1.29 is 8.78 Å². The molecule has 102 valence electrons. The smallest absolute Gasteiger partial charge is 0.130 e. The molecule has 0 aliphatic carbocycles. The lowest BCUT2D eigenvalue weighted by Crippen LogP contribution is -2.34. The molecule has 0 aromatic heterocycles. The first-order valence-electron chi connectivity index (χ1n) is 6.30. The molecule has 4 heteroatoms. The fourth-order valence-corrected chi connectivity index (χ4v) is 1.68. The van der Waals surface area contributed by atoms with Crippen molar-refractivity contribution in [3.63, 3.8) is 0 Å². The minimum Gasteiger partial charge on any atom is -0.309 e. The summed E-state index contributed by atoms with van der Waals surface area (Å²) < 4.78 is 26.3. The summed E-state index contributed by atoms with van der Waals surface area (Å²) >= 11 is 0. The Kier molecular flexibility index (Phi) is 5.69. The molecule has 0 radical (unpaired) electrons. The molecule has 1 aromatic rings. The van der Waals surface area contributed by atoms with E-state index in [1.165, 1.54) is 12.1 Å². The molecule has 18 heavy (non-hydrogen) atoms. The van der Waals surface area contributed by atoms with E-state index >= 15 is 0 Å². The fraction of sp³-hybridized carbons (Fsp3) is 0.571. The normalized spacial score (nSPS) is 13.3. The number of nitrogens with zero attached hydrogens (tertiary/aromatic N) is 1. The van der Waals surface area contributed by atoms with E-state index in [1.807, 2.05) is 6.92 Å². The van der Waals surface area contributed by atoms with Gasteiger partial charge in [0.2, 0.25) is 0 Å². The van der Waals surface area contributed by atoms with Gasteiger partial charge in [0.1, 0.15) is 11.6 Å². The highest BCUT2D eigenvalue weighted by Gasteiger charge is 2.11. The molecule has 1 rings (SSSR count). The number of hydrogen-bond acceptors (Lipinski definition) is 2. The number of rotatable bonds is 6. The van der Waals surface area contributed by atoms with Crippen molar-refractivity contribution >= 4 is 0 Å². The summed E-state index contributed by atoms with van der Waals surface area (Å²) in [6, 6.07) is 4.08. The average Bonchev–Trinajstić information content (AvgIpc) is 2.28. The maximum absolute atomic E-state index is 13.5. The molecule has 0 heterocycles. The summed E-state index contributed by atoms with van der Waals surface area (Å²) in [6.45, 7) is 7.80. The van der Waals surface area contributed by atoms with Crippen LogP contribution in [0.25, 0.3) is 0 Å². The van der Waals surface area contributed by atoms with E-state index in [1.54, 1.807) is 0 Å². The van der Waals surface area contributed by atoms with Gasteiger partial charge in [0.15, 0.2) is 0 Å². The van der Waals surface area contributed by atoms with E-state index < -0.39 is 11.6 Å². The lowest BCUT2D eigenvalue weighted by Gasteiger charge is -2.22. The van der Waals surface area contributed by atoms with Crippen LogP contribution in [0.5, 0.6) is 0 Å². The summed E-state index contributed by atoms with van der Waals surface area (Å²) in [5.74, 6) is -1.03. The third-order valence-corrected chi connectivity index (χ3v) is 3.23. The van der Waals surface area contributed by atoms with Crippen LogP contribution in [-0.4, -0.2) is 31.1 Å². The van der Waals surface area contributed by atoms with Gasteiger partial charge in [-0.25, -0.2) is 8.78 Å². The standard InChI is InChI=1S/C14H22F2N2/c1-10(2)18(4)8-7-17-11(3)13-6-5-12(15)9-14(13)16/h5-6,9-11,17H,7-8H2,1-4H3. The van der Waals surface area contributed by atoms with Crippen molar-refractivity contribution in [3.8, 4) is 0 Å². The zero-order valence-corrected chi connectivity index (χ0v) is 11.5. The molecule has 0 fully saturated rings. The molecule has 1 aromatic carbocycles. The lowest BCUT2D eigenvalue weighted by molar-refractivity contribution is 0.269. The van der Waals surface area contributed by atoms with Crippen molar-refractivity contribution in [2.24, 2.45) is 0 Å². The van der Waals surface area contributed by atoms with Crippen LogP contribution in [0, 0.1) is 11.6 Å². The molecule has 1 unspecified atom stereocenters. The number of likely N-dealkylation sites (N-methyl/N-ethyl adjacent to an activating group) is 1. The van der Waals surface area contributed by atoms with Gasteiger partial charge >= 0.3 is 0 Å². The minimum atomic E-state index is -0.539. The second-order valence-corrected chi connectivity index (χ2v) is 4.92. The first-order chi connectivity index (χ1) is 8.41. The highest BCUT2D eigenvalue weighted by molar-refractivity contribution is 5.21. The van der Waals surface area contributed by atoms with E-state index in [0.717, 1.165) is 19.2 Å². The SMILES string of the molecule is CC(NCCN(C)C(C)C)c1ccc(F)cc1F. The number of nitrogens with one attached hydrogen (secondary N) is 1. The molecule has 0 amide bonds. The molecule has 0 saturated carbocycles. The second-order valence-electron chi connectivity index (χ2n) is 4.92. The van der Waals surface area contributed by atoms with Gasteiger partial charge in [0, 0.05) is 36.8 Å². The Morgan fingerprint density at radius 2 is 1.89 bits per heavy atom. The molecular formula is C14H22F2N2. The van der Waals surface area contributed by atoms with Gasteiger partial charge in [-0.1, -0.05) is 6.07 Å². The van der Waals surface area contributed by atoms with Crippen LogP contribution in [0.1, 0.15) is 32.4 Å². The average molecular weight is 256 g/mol. The predicted octanol–water partition coefficient (Wildman–Crippen LogP) is 2.96. The molecule has 0 saturated heterocycles. The van der Waals surface area contributed by atoms with Gasteiger partial charge < -0.3 is 10.2 Å². The Labute approximate surface area is 108 Å². The molecule has 1 atom stereocenters. The Bertz CT molecular complexity index is 380. The van der Waals surface area contributed by atoms with Crippen molar-refractivity contribution in [1.29, 1.82) is 0 Å². The third kappa shape index (κ3) is 4.35. The highest BCUT2D eigenvalue weighted by atomic mass is 19.1. The second kappa shape index (κ2) is 6.81. The van der Waals surface area contributed by atoms with E-state index in [0.29, 0.717) is 11.6 Å². The van der Waals surface area contributed by atoms with Crippen LogP contribution >= 0.6 is 0 Å². The van der Waals surface area contributed by atoms with Gasteiger partial charge in [-0.05, 0) is 33.9 Å². The zero-order chi connectivity index (χ0) is 13.7. The topological polar surface area (TPSA) is 15.3 Å². The van der Waals surface area contributed by atoms with Crippen LogP contribution < -0.4 is 5.32 Å². The van der Waals surface area contributed by atoms with Crippen molar-refractivity contribution in [2.75, 3.05) is 20.1 Å². The van der Waals surface area contributed by atoms with Gasteiger partial charge in [-0.2, -0.15) is 0 Å². The maximum Gasteiger partial charge on any atom is 0.130 e. The molecule has 0 bridgehead atoms. The summed E-state index contributed by atoms with van der Waals surface area (Å²) in [7, 11) is 2.05. The number of halogens is 2. The summed E-state index contributed by atoms with van der Waals surface area (Å²) in [5, 5.41) is 3.24. The monoisotopic (exact) mass is 256 g/mol. The Balaban J connectivity index is 2.48. The van der Waals surface area contributed by atoms with Crippen LogP contribution in [0.4, 0.5) is 8.78 Å². The van der Waals surface area contributed by atoms with Gasteiger partial charge in [-0.3, -0.25) is 0 Å². The zero-order valence-electron chi connectivity index (χ0n) is 11.5. The first kappa shape index (κ1) is 15.1. The molecule has 1 N–H and O–H groups in total. The van der Waals surface area contributed by atoms with Gasteiger partial charge in [-0.15, -0.1) is 0 Å². The largest absolute Gasteiger partial charge is 0.309 e. The minimum absolute atomic E-state index is 0.119.